The molecule has 2 amide bonds. The number of aliphatic hydroxyl groups is 1. The maximum absolute atomic E-state index is 11.8. The first-order valence-corrected chi connectivity index (χ1v) is 7.18. The van der Waals surface area contributed by atoms with Gasteiger partial charge in [0.2, 0.25) is 0 Å². The normalized spacial score (nSPS) is 22.0. The molecule has 0 radical (unpaired) electrons. The Balaban J connectivity index is 1.75. The molecule has 0 aliphatic carbocycles. The molecule has 1 aliphatic heterocycles. The van der Waals surface area contributed by atoms with Crippen LogP contribution in [-0.4, -0.2) is 57.3 Å². The van der Waals surface area contributed by atoms with Gasteiger partial charge >= 0.3 is 12.0 Å². The Morgan fingerprint density at radius 1 is 1.60 bits per heavy atom. The standard InChI is InChI=1S/C12H17N3O4S/c1-12(19)3-5-15(7-12)11(18)13-4-2-9-14-8(6-20-9)10(16)17/h6,19H,2-5,7H2,1H3,(H,13,18)(H,16,17). The number of urea groups is 1. The molecule has 3 N–H and O–H groups in total. The molecule has 7 nitrogen and oxygen atoms in total. The van der Waals surface area contributed by atoms with E-state index in [1.54, 1.807) is 11.8 Å². The summed E-state index contributed by atoms with van der Waals surface area (Å²) in [7, 11) is 0. The van der Waals surface area contributed by atoms with Gasteiger partial charge in [0, 0.05) is 24.9 Å². The summed E-state index contributed by atoms with van der Waals surface area (Å²) in [5, 5.41) is 23.4. The zero-order valence-corrected chi connectivity index (χ0v) is 11.9. The summed E-state index contributed by atoms with van der Waals surface area (Å²) in [6.45, 7) is 2.98. The highest BCUT2D eigenvalue weighted by Crippen LogP contribution is 2.19. The molecular formula is C12H17N3O4S. The van der Waals surface area contributed by atoms with Gasteiger partial charge in [-0.25, -0.2) is 14.6 Å². The molecular weight excluding hydrogens is 282 g/mol. The first kappa shape index (κ1) is 14.7. The maximum Gasteiger partial charge on any atom is 0.355 e. The van der Waals surface area contributed by atoms with Gasteiger partial charge in [-0.05, 0) is 13.3 Å². The van der Waals surface area contributed by atoms with Crippen LogP contribution in [0.3, 0.4) is 0 Å². The quantitative estimate of drug-likeness (QED) is 0.753. The van der Waals surface area contributed by atoms with Crippen LogP contribution >= 0.6 is 11.3 Å². The van der Waals surface area contributed by atoms with Crippen molar-refractivity contribution in [3.05, 3.63) is 16.1 Å². The average Bonchev–Trinajstić information content (AvgIpc) is 2.95. The minimum atomic E-state index is -1.05. The Morgan fingerprint density at radius 3 is 2.90 bits per heavy atom. The van der Waals surface area contributed by atoms with Crippen LogP contribution in [0, 0.1) is 0 Å². The number of carboxylic acid groups (broad SMARTS) is 1. The van der Waals surface area contributed by atoms with Gasteiger partial charge in [0.1, 0.15) is 0 Å². The van der Waals surface area contributed by atoms with Crippen LogP contribution in [0.15, 0.2) is 5.38 Å². The number of hydrogen-bond acceptors (Lipinski definition) is 5. The van der Waals surface area contributed by atoms with E-state index < -0.39 is 11.6 Å². The van der Waals surface area contributed by atoms with Crippen molar-refractivity contribution in [2.24, 2.45) is 0 Å². The zero-order valence-electron chi connectivity index (χ0n) is 11.1. The number of nitrogens with one attached hydrogen (secondary N) is 1. The molecule has 110 valence electrons. The van der Waals surface area contributed by atoms with Crippen LogP contribution in [0.25, 0.3) is 0 Å². The lowest BCUT2D eigenvalue weighted by molar-refractivity contribution is 0.0690. The molecule has 0 bridgehead atoms. The van der Waals surface area contributed by atoms with Gasteiger partial charge in [0.15, 0.2) is 5.69 Å². The van der Waals surface area contributed by atoms with E-state index in [9.17, 15) is 14.7 Å². The molecule has 1 aromatic heterocycles. The number of thiazole rings is 1. The second-order valence-corrected chi connectivity index (χ2v) is 6.02. The van der Waals surface area contributed by atoms with Crippen molar-refractivity contribution in [1.82, 2.24) is 15.2 Å². The fourth-order valence-corrected chi connectivity index (χ4v) is 2.80. The van der Waals surface area contributed by atoms with E-state index in [1.807, 2.05) is 0 Å². The SMILES string of the molecule is CC1(O)CCN(C(=O)NCCc2nc(C(=O)O)cs2)C1. The van der Waals surface area contributed by atoms with Crippen molar-refractivity contribution in [2.75, 3.05) is 19.6 Å². The third-order valence-electron chi connectivity index (χ3n) is 3.12. The fraction of sp³-hybridized carbons (Fsp3) is 0.583. The molecule has 1 aliphatic rings. The van der Waals surface area contributed by atoms with Gasteiger partial charge in [-0.15, -0.1) is 11.3 Å². The minimum absolute atomic E-state index is 0.0342. The van der Waals surface area contributed by atoms with Crippen LogP contribution in [0.1, 0.15) is 28.8 Å². The van der Waals surface area contributed by atoms with Gasteiger partial charge in [0.25, 0.3) is 0 Å². The number of rotatable bonds is 4. The third-order valence-corrected chi connectivity index (χ3v) is 4.03. The number of carboxylic acids is 1. The van der Waals surface area contributed by atoms with Gasteiger partial charge in [-0.2, -0.15) is 0 Å². The molecule has 1 saturated heterocycles. The summed E-state index contributed by atoms with van der Waals surface area (Å²) < 4.78 is 0. The first-order valence-electron chi connectivity index (χ1n) is 6.30. The summed E-state index contributed by atoms with van der Waals surface area (Å²) in [5.41, 5.74) is -0.768. The molecule has 1 aromatic rings. The molecule has 1 unspecified atom stereocenters. The number of likely N-dealkylation sites (tertiary alicyclic amines) is 1. The van der Waals surface area contributed by atoms with E-state index >= 15 is 0 Å². The predicted octanol–water partition coefficient (Wildman–Crippen LogP) is 0.550. The Labute approximate surface area is 120 Å². The Hall–Kier alpha value is -1.67. The van der Waals surface area contributed by atoms with Crippen molar-refractivity contribution in [3.63, 3.8) is 0 Å². The van der Waals surface area contributed by atoms with Gasteiger partial charge in [-0.3, -0.25) is 0 Å². The summed E-state index contributed by atoms with van der Waals surface area (Å²) >= 11 is 1.26. The van der Waals surface area contributed by atoms with E-state index in [4.69, 9.17) is 5.11 Å². The lowest BCUT2D eigenvalue weighted by atomic mass is 10.1. The van der Waals surface area contributed by atoms with Gasteiger partial charge in [-0.1, -0.05) is 0 Å². The highest BCUT2D eigenvalue weighted by molar-refractivity contribution is 7.09. The van der Waals surface area contributed by atoms with Crippen molar-refractivity contribution < 1.29 is 19.8 Å². The summed E-state index contributed by atoms with van der Waals surface area (Å²) in [6, 6.07) is -0.210. The molecule has 1 fully saturated rings. The second kappa shape index (κ2) is 5.76. The smallest absolute Gasteiger partial charge is 0.355 e. The van der Waals surface area contributed by atoms with Crippen LogP contribution < -0.4 is 5.32 Å². The van der Waals surface area contributed by atoms with Gasteiger partial charge < -0.3 is 20.4 Å². The van der Waals surface area contributed by atoms with Crippen LogP contribution in [0.5, 0.6) is 0 Å². The van der Waals surface area contributed by atoms with Gasteiger partial charge in [0.05, 0.1) is 17.2 Å². The summed E-state index contributed by atoms with van der Waals surface area (Å²) in [6.07, 6.45) is 1.07. The lowest BCUT2D eigenvalue weighted by Gasteiger charge is -2.19. The predicted molar refractivity (Wildman–Crippen MR) is 73.0 cm³/mol. The number of aromatic nitrogens is 1. The lowest BCUT2D eigenvalue weighted by Crippen LogP contribution is -2.41. The molecule has 8 heteroatoms. The molecule has 0 saturated carbocycles. The number of nitrogens with zero attached hydrogens (tertiary/aromatic N) is 2. The van der Waals surface area contributed by atoms with E-state index in [2.05, 4.69) is 10.3 Å². The Morgan fingerprint density at radius 2 is 2.35 bits per heavy atom. The van der Waals surface area contributed by atoms with Crippen molar-refractivity contribution in [1.29, 1.82) is 0 Å². The third kappa shape index (κ3) is 3.67. The fourth-order valence-electron chi connectivity index (χ4n) is 2.03. The maximum atomic E-state index is 11.8. The monoisotopic (exact) mass is 299 g/mol. The second-order valence-electron chi connectivity index (χ2n) is 5.08. The zero-order chi connectivity index (χ0) is 14.8. The summed E-state index contributed by atoms with van der Waals surface area (Å²) in [4.78, 5) is 28.0. The topological polar surface area (TPSA) is 103 Å². The van der Waals surface area contributed by atoms with E-state index in [1.165, 1.54) is 16.7 Å². The molecule has 1 atom stereocenters. The van der Waals surface area contributed by atoms with Crippen LogP contribution in [0.2, 0.25) is 0 Å². The molecule has 2 heterocycles. The number of β-amino-alcohol motifs (C(OH)–C–C–N with tert-alkyl or cyclic N) is 1. The highest BCUT2D eigenvalue weighted by Gasteiger charge is 2.33. The van der Waals surface area contributed by atoms with Crippen molar-refractivity contribution >= 4 is 23.3 Å². The molecule has 20 heavy (non-hydrogen) atoms. The number of carbonyl (C=O) groups excluding carboxylic acids is 1. The van der Waals surface area contributed by atoms with Crippen LogP contribution in [-0.2, 0) is 6.42 Å². The Bertz CT molecular complexity index is 515. The largest absolute Gasteiger partial charge is 0.476 e. The number of hydrogen-bond donors (Lipinski definition) is 3. The van der Waals surface area contributed by atoms with Crippen molar-refractivity contribution in [3.8, 4) is 0 Å². The van der Waals surface area contributed by atoms with E-state index in [-0.39, 0.29) is 11.7 Å². The number of carbonyl (C=O) groups is 2. The Kier molecular flexibility index (Phi) is 4.24. The number of aromatic carboxylic acids is 1. The average molecular weight is 299 g/mol. The molecule has 0 aromatic carbocycles. The molecule has 2 rings (SSSR count). The first-order chi connectivity index (χ1) is 9.37. The summed E-state index contributed by atoms with van der Waals surface area (Å²) in [5.74, 6) is -1.05. The highest BCUT2D eigenvalue weighted by atomic mass is 32.1. The minimum Gasteiger partial charge on any atom is -0.476 e. The molecule has 0 spiro atoms. The van der Waals surface area contributed by atoms with Crippen molar-refractivity contribution in [2.45, 2.75) is 25.4 Å². The van der Waals surface area contributed by atoms with E-state index in [0.29, 0.717) is 37.5 Å². The van der Waals surface area contributed by atoms with E-state index in [0.717, 1.165) is 0 Å². The number of amides is 2. The van der Waals surface area contributed by atoms with Crippen LogP contribution in [0.4, 0.5) is 4.79 Å².